The molecule has 0 amide bonds. The van der Waals surface area contributed by atoms with E-state index in [0.717, 1.165) is 31.6 Å². The first-order chi connectivity index (χ1) is 9.56. The fraction of sp³-hybridized carbons (Fsp3) is 0.562. The van der Waals surface area contributed by atoms with Gasteiger partial charge in [-0.3, -0.25) is 9.59 Å². The van der Waals surface area contributed by atoms with Gasteiger partial charge < -0.3 is 4.90 Å². The van der Waals surface area contributed by atoms with Crippen LogP contribution in [0.4, 0.5) is 0 Å². The van der Waals surface area contributed by atoms with Crippen LogP contribution in [-0.2, 0) is 9.59 Å². The van der Waals surface area contributed by atoms with Crippen LogP contribution in [-0.4, -0.2) is 29.6 Å². The fourth-order valence-corrected chi connectivity index (χ4v) is 3.01. The maximum absolute atomic E-state index is 12.0. The molecule has 0 atom stereocenters. The molecule has 0 N–H and O–H groups in total. The van der Waals surface area contributed by atoms with Crippen LogP contribution in [0.1, 0.15) is 46.0 Å². The quantitative estimate of drug-likeness (QED) is 0.440. The van der Waals surface area contributed by atoms with E-state index in [9.17, 15) is 14.9 Å². The first-order valence-electron chi connectivity index (χ1n) is 7.20. The van der Waals surface area contributed by atoms with Crippen LogP contribution in [0.5, 0.6) is 0 Å². The van der Waals surface area contributed by atoms with Crippen LogP contribution in [0.3, 0.4) is 0 Å². The third-order valence-electron chi connectivity index (χ3n) is 4.17. The van der Waals surface area contributed by atoms with E-state index in [-0.39, 0.29) is 17.1 Å². The van der Waals surface area contributed by atoms with Gasteiger partial charge in [-0.2, -0.15) is 5.26 Å². The molecule has 4 nitrogen and oxygen atoms in total. The number of carbonyl (C=O) groups is 2. The molecule has 0 aromatic carbocycles. The summed E-state index contributed by atoms with van der Waals surface area (Å²) in [5, 5.41) is 9.44. The SMILES string of the molecule is CC(=C1C(=O)CCCC1=O)/C(C#N)=C(\C)N1CCCC1. The number of hydrogen-bond acceptors (Lipinski definition) is 4. The summed E-state index contributed by atoms with van der Waals surface area (Å²) in [6, 6.07) is 2.19. The van der Waals surface area contributed by atoms with Crippen molar-refractivity contribution in [1.29, 1.82) is 5.26 Å². The Balaban J connectivity index is 2.44. The highest BCUT2D eigenvalue weighted by Crippen LogP contribution is 2.27. The number of rotatable bonds is 2. The number of allylic oxidation sites excluding steroid dienone is 4. The molecular formula is C16H20N2O2. The van der Waals surface area contributed by atoms with Gasteiger partial charge in [0, 0.05) is 31.6 Å². The largest absolute Gasteiger partial charge is 0.374 e. The van der Waals surface area contributed by atoms with Gasteiger partial charge in [-0.25, -0.2) is 0 Å². The zero-order valence-corrected chi connectivity index (χ0v) is 12.2. The standard InChI is InChI=1S/C16H20N2O2/c1-11(16-14(19)6-5-7-15(16)20)13(10-17)12(2)18-8-3-4-9-18/h3-9H2,1-2H3/b13-12+. The van der Waals surface area contributed by atoms with E-state index in [2.05, 4.69) is 11.0 Å². The van der Waals surface area contributed by atoms with Gasteiger partial charge in [0.15, 0.2) is 11.6 Å². The molecule has 4 heteroatoms. The molecule has 0 bridgehead atoms. The molecule has 2 aliphatic rings. The zero-order chi connectivity index (χ0) is 14.7. The van der Waals surface area contributed by atoms with E-state index >= 15 is 0 Å². The summed E-state index contributed by atoms with van der Waals surface area (Å²) < 4.78 is 0. The van der Waals surface area contributed by atoms with Crippen molar-refractivity contribution in [3.05, 3.63) is 22.4 Å². The average Bonchev–Trinajstić information content (AvgIpc) is 2.93. The van der Waals surface area contributed by atoms with Crippen LogP contribution in [0.2, 0.25) is 0 Å². The Morgan fingerprint density at radius 1 is 1.05 bits per heavy atom. The third kappa shape index (κ3) is 2.67. The van der Waals surface area contributed by atoms with Crippen molar-refractivity contribution in [2.24, 2.45) is 0 Å². The normalized spacial score (nSPS) is 20.9. The highest BCUT2D eigenvalue weighted by molar-refractivity contribution is 6.22. The number of carbonyl (C=O) groups excluding carboxylic acids is 2. The summed E-state index contributed by atoms with van der Waals surface area (Å²) in [5.41, 5.74) is 2.20. The van der Waals surface area contributed by atoms with Gasteiger partial charge in [-0.05, 0) is 38.7 Å². The van der Waals surface area contributed by atoms with Crippen LogP contribution in [0.25, 0.3) is 0 Å². The van der Waals surface area contributed by atoms with Gasteiger partial charge in [0.2, 0.25) is 0 Å². The van der Waals surface area contributed by atoms with Gasteiger partial charge in [0.05, 0.1) is 11.1 Å². The fourth-order valence-electron chi connectivity index (χ4n) is 3.01. The monoisotopic (exact) mass is 272 g/mol. The third-order valence-corrected chi connectivity index (χ3v) is 4.17. The number of Topliss-reactive ketones (excluding diaryl/α,β-unsaturated/α-hetero) is 2. The summed E-state index contributed by atoms with van der Waals surface area (Å²) in [6.45, 7) is 5.53. The van der Waals surface area contributed by atoms with Gasteiger partial charge in [-0.15, -0.1) is 0 Å². The Morgan fingerprint density at radius 3 is 2.10 bits per heavy atom. The van der Waals surface area contributed by atoms with E-state index < -0.39 is 0 Å². The molecule has 1 heterocycles. The van der Waals surface area contributed by atoms with Crippen molar-refractivity contribution >= 4 is 11.6 Å². The maximum atomic E-state index is 12.0. The van der Waals surface area contributed by atoms with Gasteiger partial charge in [-0.1, -0.05) is 0 Å². The van der Waals surface area contributed by atoms with Crippen molar-refractivity contribution in [3.63, 3.8) is 0 Å². The van der Waals surface area contributed by atoms with Crippen molar-refractivity contribution < 1.29 is 9.59 Å². The molecule has 106 valence electrons. The highest BCUT2D eigenvalue weighted by atomic mass is 16.1. The molecule has 2 rings (SSSR count). The molecule has 1 saturated carbocycles. The minimum Gasteiger partial charge on any atom is -0.374 e. The van der Waals surface area contributed by atoms with E-state index in [4.69, 9.17) is 0 Å². The number of likely N-dealkylation sites (tertiary alicyclic amines) is 1. The molecule has 0 aromatic rings. The topological polar surface area (TPSA) is 61.2 Å². The first-order valence-corrected chi connectivity index (χ1v) is 7.20. The molecule has 1 aliphatic carbocycles. The summed E-state index contributed by atoms with van der Waals surface area (Å²) in [4.78, 5) is 26.1. The van der Waals surface area contributed by atoms with Crippen molar-refractivity contribution in [2.45, 2.75) is 46.0 Å². The van der Waals surface area contributed by atoms with E-state index in [1.165, 1.54) is 0 Å². The summed E-state index contributed by atoms with van der Waals surface area (Å²) in [5.74, 6) is -0.221. The summed E-state index contributed by atoms with van der Waals surface area (Å²) in [6.07, 6.45) is 3.72. The Hall–Kier alpha value is -1.89. The number of hydrogen-bond donors (Lipinski definition) is 0. The lowest BCUT2D eigenvalue weighted by atomic mass is 9.86. The smallest absolute Gasteiger partial charge is 0.166 e. The highest BCUT2D eigenvalue weighted by Gasteiger charge is 2.27. The lowest BCUT2D eigenvalue weighted by Crippen LogP contribution is -2.22. The van der Waals surface area contributed by atoms with Crippen molar-refractivity contribution in [3.8, 4) is 6.07 Å². The second-order valence-corrected chi connectivity index (χ2v) is 5.47. The Kier molecular flexibility index (Phi) is 4.39. The predicted molar refractivity (Wildman–Crippen MR) is 75.7 cm³/mol. The van der Waals surface area contributed by atoms with Crippen LogP contribution < -0.4 is 0 Å². The summed E-state index contributed by atoms with van der Waals surface area (Å²) in [7, 11) is 0. The number of nitrogens with zero attached hydrogens (tertiary/aromatic N) is 2. The molecule has 1 aliphatic heterocycles. The Morgan fingerprint density at radius 2 is 1.60 bits per heavy atom. The molecule has 0 aromatic heterocycles. The second-order valence-electron chi connectivity index (χ2n) is 5.47. The minimum absolute atomic E-state index is 0.110. The summed E-state index contributed by atoms with van der Waals surface area (Å²) >= 11 is 0. The molecule has 0 spiro atoms. The maximum Gasteiger partial charge on any atom is 0.166 e. The lowest BCUT2D eigenvalue weighted by molar-refractivity contribution is -0.123. The predicted octanol–water partition coefficient (Wildman–Crippen LogP) is 2.52. The molecular weight excluding hydrogens is 252 g/mol. The lowest BCUT2D eigenvalue weighted by Gasteiger charge is -2.21. The molecule has 1 saturated heterocycles. The molecule has 20 heavy (non-hydrogen) atoms. The van der Waals surface area contributed by atoms with Crippen LogP contribution in [0.15, 0.2) is 22.4 Å². The number of ketones is 2. The zero-order valence-electron chi connectivity index (χ0n) is 12.2. The van der Waals surface area contributed by atoms with Gasteiger partial charge >= 0.3 is 0 Å². The van der Waals surface area contributed by atoms with Gasteiger partial charge in [0.1, 0.15) is 6.07 Å². The average molecular weight is 272 g/mol. The van der Waals surface area contributed by atoms with Crippen LogP contribution >= 0.6 is 0 Å². The second kappa shape index (κ2) is 6.04. The minimum atomic E-state index is -0.110. The first kappa shape index (κ1) is 14.5. The number of nitriles is 1. The molecule has 2 fully saturated rings. The van der Waals surface area contributed by atoms with E-state index in [1.54, 1.807) is 6.92 Å². The molecule has 0 radical (unpaired) electrons. The van der Waals surface area contributed by atoms with Crippen LogP contribution in [0, 0.1) is 11.3 Å². The Bertz CT molecular complexity index is 525. The van der Waals surface area contributed by atoms with E-state index in [0.29, 0.717) is 30.4 Å². The Labute approximate surface area is 119 Å². The van der Waals surface area contributed by atoms with Crippen molar-refractivity contribution in [1.82, 2.24) is 4.90 Å². The molecule has 0 unspecified atom stereocenters. The van der Waals surface area contributed by atoms with E-state index in [1.807, 2.05) is 6.92 Å². The van der Waals surface area contributed by atoms with Gasteiger partial charge in [0.25, 0.3) is 0 Å². The van der Waals surface area contributed by atoms with Crippen molar-refractivity contribution in [2.75, 3.05) is 13.1 Å².